The molecule has 2 aromatic rings. The van der Waals surface area contributed by atoms with Gasteiger partial charge in [0.15, 0.2) is 0 Å². The third kappa shape index (κ3) is 3.91. The summed E-state index contributed by atoms with van der Waals surface area (Å²) in [5.41, 5.74) is 2.02. The number of ether oxygens (including phenoxy) is 2. The van der Waals surface area contributed by atoms with E-state index in [0.29, 0.717) is 19.6 Å². The minimum Gasteiger partial charge on any atom is -0.497 e. The van der Waals surface area contributed by atoms with Gasteiger partial charge in [0.2, 0.25) is 5.91 Å². The van der Waals surface area contributed by atoms with Gasteiger partial charge in [0.05, 0.1) is 18.6 Å². The Bertz CT molecular complexity index is 785. The Labute approximate surface area is 145 Å². The predicted octanol–water partition coefficient (Wildman–Crippen LogP) is 2.26. The van der Waals surface area contributed by atoms with E-state index in [2.05, 4.69) is 5.32 Å². The van der Waals surface area contributed by atoms with E-state index in [1.165, 1.54) is 12.1 Å². The normalized spacial score (nSPS) is 15.6. The van der Waals surface area contributed by atoms with Crippen molar-refractivity contribution in [3.63, 3.8) is 0 Å². The summed E-state index contributed by atoms with van der Waals surface area (Å²) < 4.78 is 10.9. The van der Waals surface area contributed by atoms with Crippen molar-refractivity contribution in [3.05, 3.63) is 59.2 Å². The first kappa shape index (κ1) is 16.8. The van der Waals surface area contributed by atoms with E-state index in [-0.39, 0.29) is 17.4 Å². The molecular formula is C19H19NO5. The quantitative estimate of drug-likeness (QED) is 0.871. The Morgan fingerprint density at radius 1 is 1.24 bits per heavy atom. The molecule has 6 heteroatoms. The van der Waals surface area contributed by atoms with Crippen molar-refractivity contribution < 1.29 is 24.2 Å². The van der Waals surface area contributed by atoms with Crippen LogP contribution in [0.2, 0.25) is 0 Å². The summed E-state index contributed by atoms with van der Waals surface area (Å²) in [6, 6.07) is 12.0. The van der Waals surface area contributed by atoms with E-state index in [9.17, 15) is 9.59 Å². The second kappa shape index (κ2) is 7.25. The molecule has 1 heterocycles. The summed E-state index contributed by atoms with van der Waals surface area (Å²) in [6.45, 7) is 0.684. The van der Waals surface area contributed by atoms with Crippen LogP contribution in [0, 0.1) is 5.92 Å². The molecule has 0 unspecified atom stereocenters. The van der Waals surface area contributed by atoms with Gasteiger partial charge >= 0.3 is 5.97 Å². The first-order chi connectivity index (χ1) is 12.1. The van der Waals surface area contributed by atoms with Gasteiger partial charge in [-0.05, 0) is 47.9 Å². The molecular weight excluding hydrogens is 322 g/mol. The lowest BCUT2D eigenvalue weighted by atomic mass is 9.95. The van der Waals surface area contributed by atoms with Crippen molar-refractivity contribution in [2.45, 2.75) is 13.0 Å². The average molecular weight is 341 g/mol. The topological polar surface area (TPSA) is 84.9 Å². The fourth-order valence-electron chi connectivity index (χ4n) is 2.76. The lowest BCUT2D eigenvalue weighted by Gasteiger charge is -2.25. The van der Waals surface area contributed by atoms with Crippen molar-refractivity contribution in [1.29, 1.82) is 0 Å². The smallest absolute Gasteiger partial charge is 0.335 e. The summed E-state index contributed by atoms with van der Waals surface area (Å²) in [4.78, 5) is 23.2. The highest BCUT2D eigenvalue weighted by Crippen LogP contribution is 2.30. The highest BCUT2D eigenvalue weighted by molar-refractivity contribution is 5.87. The zero-order valence-corrected chi connectivity index (χ0v) is 13.8. The molecule has 0 spiro atoms. The highest BCUT2D eigenvalue weighted by Gasteiger charge is 2.26. The number of carbonyl (C=O) groups excluding carboxylic acids is 1. The molecule has 1 atom stereocenters. The molecule has 1 aliphatic heterocycles. The van der Waals surface area contributed by atoms with Crippen LogP contribution in [0.5, 0.6) is 11.5 Å². The summed E-state index contributed by atoms with van der Waals surface area (Å²) in [6.07, 6.45) is 0.594. The van der Waals surface area contributed by atoms with Crippen LogP contribution in [0.15, 0.2) is 42.5 Å². The molecule has 0 saturated heterocycles. The lowest BCUT2D eigenvalue weighted by molar-refractivity contribution is -0.126. The monoisotopic (exact) mass is 341 g/mol. The molecule has 3 rings (SSSR count). The van der Waals surface area contributed by atoms with Gasteiger partial charge < -0.3 is 19.9 Å². The van der Waals surface area contributed by atoms with Crippen molar-refractivity contribution in [3.8, 4) is 11.5 Å². The van der Waals surface area contributed by atoms with E-state index in [0.717, 1.165) is 22.6 Å². The van der Waals surface area contributed by atoms with E-state index < -0.39 is 5.97 Å². The molecule has 1 amide bonds. The molecule has 0 aliphatic carbocycles. The first-order valence-electron chi connectivity index (χ1n) is 7.96. The molecule has 0 saturated carbocycles. The second-order valence-electron chi connectivity index (χ2n) is 5.91. The Hall–Kier alpha value is -3.02. The van der Waals surface area contributed by atoms with Crippen LogP contribution in [-0.4, -0.2) is 30.7 Å². The SMILES string of the molecule is COc1ccc2c(c1)C[C@H](C(=O)NCc1ccc(C(=O)O)cc1)CO2. The van der Waals surface area contributed by atoms with E-state index in [4.69, 9.17) is 14.6 Å². The van der Waals surface area contributed by atoms with Crippen molar-refractivity contribution in [2.24, 2.45) is 5.92 Å². The van der Waals surface area contributed by atoms with Gasteiger partial charge in [-0.25, -0.2) is 4.79 Å². The molecule has 6 nitrogen and oxygen atoms in total. The standard InChI is InChI=1S/C19H19NO5/c1-24-16-6-7-17-14(9-16)8-15(11-25-17)18(21)20-10-12-2-4-13(5-3-12)19(22)23/h2-7,9,15H,8,10-11H2,1H3,(H,20,21)(H,22,23)/t15-/m0/s1. The first-order valence-corrected chi connectivity index (χ1v) is 7.96. The highest BCUT2D eigenvalue weighted by atomic mass is 16.5. The lowest BCUT2D eigenvalue weighted by Crippen LogP contribution is -2.37. The van der Waals surface area contributed by atoms with Crippen molar-refractivity contribution in [2.75, 3.05) is 13.7 Å². The number of carbonyl (C=O) groups is 2. The number of carboxylic acid groups (broad SMARTS) is 1. The van der Waals surface area contributed by atoms with Crippen LogP contribution in [0.1, 0.15) is 21.5 Å². The zero-order valence-electron chi connectivity index (χ0n) is 13.8. The van der Waals surface area contributed by atoms with Crippen molar-refractivity contribution >= 4 is 11.9 Å². The van der Waals surface area contributed by atoms with E-state index in [1.54, 1.807) is 19.2 Å². The summed E-state index contributed by atoms with van der Waals surface area (Å²) in [7, 11) is 1.60. The summed E-state index contributed by atoms with van der Waals surface area (Å²) in [5, 5.41) is 11.8. The number of aromatic carboxylic acids is 1. The number of rotatable bonds is 5. The number of nitrogens with one attached hydrogen (secondary N) is 1. The fourth-order valence-corrected chi connectivity index (χ4v) is 2.76. The van der Waals surface area contributed by atoms with Crippen LogP contribution in [0.3, 0.4) is 0 Å². The number of hydrogen-bond acceptors (Lipinski definition) is 4. The number of amides is 1. The fraction of sp³-hybridized carbons (Fsp3) is 0.263. The second-order valence-corrected chi connectivity index (χ2v) is 5.91. The van der Waals surface area contributed by atoms with Crippen LogP contribution >= 0.6 is 0 Å². The van der Waals surface area contributed by atoms with Crippen LogP contribution in [0.25, 0.3) is 0 Å². The summed E-state index contributed by atoms with van der Waals surface area (Å²) in [5.74, 6) is 0.203. The molecule has 0 fully saturated rings. The van der Waals surface area contributed by atoms with Gasteiger partial charge in [0.1, 0.15) is 18.1 Å². The van der Waals surface area contributed by atoms with Crippen LogP contribution in [0.4, 0.5) is 0 Å². The minimum absolute atomic E-state index is 0.0872. The molecule has 0 bridgehead atoms. The largest absolute Gasteiger partial charge is 0.497 e. The van der Waals surface area contributed by atoms with Crippen molar-refractivity contribution in [1.82, 2.24) is 5.32 Å². The van der Waals surface area contributed by atoms with E-state index in [1.807, 2.05) is 18.2 Å². The molecule has 25 heavy (non-hydrogen) atoms. The predicted molar refractivity (Wildman–Crippen MR) is 90.9 cm³/mol. The number of methoxy groups -OCH3 is 1. The zero-order chi connectivity index (χ0) is 17.8. The van der Waals surface area contributed by atoms with Gasteiger partial charge in [-0.2, -0.15) is 0 Å². The molecule has 2 aromatic carbocycles. The molecule has 0 aromatic heterocycles. The maximum absolute atomic E-state index is 12.4. The molecule has 0 radical (unpaired) electrons. The van der Waals surface area contributed by atoms with Gasteiger partial charge in [0, 0.05) is 6.54 Å². The maximum Gasteiger partial charge on any atom is 0.335 e. The number of carboxylic acids is 1. The Kier molecular flexibility index (Phi) is 4.88. The summed E-state index contributed by atoms with van der Waals surface area (Å²) >= 11 is 0. The van der Waals surface area contributed by atoms with Crippen LogP contribution in [-0.2, 0) is 17.8 Å². The Balaban J connectivity index is 1.59. The number of hydrogen-bond donors (Lipinski definition) is 2. The van der Waals surface area contributed by atoms with Gasteiger partial charge in [-0.3, -0.25) is 4.79 Å². The Morgan fingerprint density at radius 2 is 2.00 bits per heavy atom. The minimum atomic E-state index is -0.968. The Morgan fingerprint density at radius 3 is 2.68 bits per heavy atom. The van der Waals surface area contributed by atoms with E-state index >= 15 is 0 Å². The molecule has 1 aliphatic rings. The third-order valence-corrected chi connectivity index (χ3v) is 4.21. The number of benzene rings is 2. The van der Waals surface area contributed by atoms with Gasteiger partial charge in [-0.1, -0.05) is 12.1 Å². The molecule has 130 valence electrons. The maximum atomic E-state index is 12.4. The van der Waals surface area contributed by atoms with Gasteiger partial charge in [-0.15, -0.1) is 0 Å². The van der Waals surface area contributed by atoms with Gasteiger partial charge in [0.25, 0.3) is 0 Å². The molecule has 2 N–H and O–H groups in total. The average Bonchev–Trinajstić information content (AvgIpc) is 2.65. The van der Waals surface area contributed by atoms with Crippen LogP contribution < -0.4 is 14.8 Å². The third-order valence-electron chi connectivity index (χ3n) is 4.21. The number of fused-ring (bicyclic) bond motifs is 1.